The summed E-state index contributed by atoms with van der Waals surface area (Å²) in [6.45, 7) is 3.90. The predicted molar refractivity (Wildman–Crippen MR) is 103 cm³/mol. The van der Waals surface area contributed by atoms with E-state index in [1.54, 1.807) is 6.07 Å². The lowest BCUT2D eigenvalue weighted by Gasteiger charge is -2.15. The second-order valence-electron chi connectivity index (χ2n) is 5.84. The highest BCUT2D eigenvalue weighted by atomic mass is 35.5. The topological polar surface area (TPSA) is 68.0 Å². The van der Waals surface area contributed by atoms with E-state index in [2.05, 4.69) is 15.5 Å². The number of nitrogens with one attached hydrogen (secondary N) is 1. The molecular formula is C19H18ClN3O2S. The Balaban J connectivity index is 1.56. The van der Waals surface area contributed by atoms with Crippen LogP contribution >= 0.6 is 23.4 Å². The highest BCUT2D eigenvalue weighted by Crippen LogP contribution is 2.25. The van der Waals surface area contributed by atoms with Gasteiger partial charge in [0.15, 0.2) is 0 Å². The van der Waals surface area contributed by atoms with Crippen molar-refractivity contribution in [2.45, 2.75) is 25.1 Å². The summed E-state index contributed by atoms with van der Waals surface area (Å²) in [4.78, 5) is 12.2. The maximum Gasteiger partial charge on any atom is 0.277 e. The summed E-state index contributed by atoms with van der Waals surface area (Å²) >= 11 is 7.36. The average molecular weight is 388 g/mol. The summed E-state index contributed by atoms with van der Waals surface area (Å²) in [6, 6.07) is 15.1. The number of nitrogens with zero attached hydrogens (tertiary/aromatic N) is 2. The van der Waals surface area contributed by atoms with E-state index in [9.17, 15) is 4.79 Å². The van der Waals surface area contributed by atoms with Crippen LogP contribution in [0.15, 0.2) is 58.2 Å². The number of hydrogen-bond acceptors (Lipinski definition) is 5. The summed E-state index contributed by atoms with van der Waals surface area (Å²) in [5.74, 6) is 0.503. The Kier molecular flexibility index (Phi) is 5.96. The third-order valence-electron chi connectivity index (χ3n) is 3.75. The van der Waals surface area contributed by atoms with E-state index in [0.717, 1.165) is 16.7 Å². The quantitative estimate of drug-likeness (QED) is 0.622. The van der Waals surface area contributed by atoms with Crippen molar-refractivity contribution >= 4 is 29.3 Å². The maximum absolute atomic E-state index is 12.2. The molecule has 5 nitrogen and oxygen atoms in total. The van der Waals surface area contributed by atoms with Crippen LogP contribution in [0.2, 0.25) is 5.02 Å². The molecule has 0 saturated heterocycles. The number of aryl methyl sites for hydroxylation is 1. The van der Waals surface area contributed by atoms with E-state index >= 15 is 0 Å². The first kappa shape index (κ1) is 18.5. The molecule has 1 N–H and O–H groups in total. The molecular weight excluding hydrogens is 370 g/mol. The minimum absolute atomic E-state index is 0.127. The number of rotatable bonds is 6. The van der Waals surface area contributed by atoms with Crippen molar-refractivity contribution in [1.82, 2.24) is 15.5 Å². The fourth-order valence-electron chi connectivity index (χ4n) is 2.48. The molecule has 7 heteroatoms. The Labute approximate surface area is 161 Å². The second kappa shape index (κ2) is 8.38. The Morgan fingerprint density at radius 2 is 2.04 bits per heavy atom. The first-order valence-corrected chi connectivity index (χ1v) is 9.46. The first-order valence-electron chi connectivity index (χ1n) is 8.10. The lowest BCUT2D eigenvalue weighted by atomic mass is 10.1. The molecule has 0 bridgehead atoms. The normalized spacial score (nSPS) is 12.0. The molecule has 3 aromatic rings. The van der Waals surface area contributed by atoms with E-state index in [0.29, 0.717) is 16.1 Å². The van der Waals surface area contributed by atoms with Gasteiger partial charge in [-0.1, -0.05) is 59.3 Å². The van der Waals surface area contributed by atoms with Crippen LogP contribution in [-0.2, 0) is 4.79 Å². The lowest BCUT2D eigenvalue weighted by Crippen LogP contribution is -2.28. The summed E-state index contributed by atoms with van der Waals surface area (Å²) in [5, 5.41) is 11.9. The molecule has 2 aromatic carbocycles. The number of benzene rings is 2. The molecule has 1 amide bonds. The molecule has 1 heterocycles. The molecule has 0 unspecified atom stereocenters. The maximum atomic E-state index is 12.2. The Morgan fingerprint density at radius 3 is 2.81 bits per heavy atom. The van der Waals surface area contributed by atoms with Crippen molar-refractivity contribution in [1.29, 1.82) is 0 Å². The van der Waals surface area contributed by atoms with Gasteiger partial charge in [-0.25, -0.2) is 0 Å². The van der Waals surface area contributed by atoms with Gasteiger partial charge in [-0.05, 0) is 37.6 Å². The van der Waals surface area contributed by atoms with E-state index in [1.165, 1.54) is 11.8 Å². The van der Waals surface area contributed by atoms with E-state index < -0.39 is 0 Å². The van der Waals surface area contributed by atoms with Crippen LogP contribution in [0, 0.1) is 6.92 Å². The fourth-order valence-corrected chi connectivity index (χ4v) is 3.35. The third kappa shape index (κ3) is 4.65. The Hall–Kier alpha value is -2.31. The highest BCUT2D eigenvalue weighted by molar-refractivity contribution is 7.99. The largest absolute Gasteiger partial charge is 0.411 e. The van der Waals surface area contributed by atoms with E-state index in [-0.39, 0.29) is 17.7 Å². The molecule has 0 aliphatic heterocycles. The molecule has 0 saturated carbocycles. The Bertz CT molecular complexity index is 913. The number of aromatic nitrogens is 2. The molecule has 1 aromatic heterocycles. The van der Waals surface area contributed by atoms with Gasteiger partial charge in [-0.3, -0.25) is 4.79 Å². The van der Waals surface area contributed by atoms with Crippen LogP contribution in [0.4, 0.5) is 0 Å². The highest BCUT2D eigenvalue weighted by Gasteiger charge is 2.15. The minimum atomic E-state index is -0.178. The number of amides is 1. The van der Waals surface area contributed by atoms with Gasteiger partial charge in [0.2, 0.25) is 11.8 Å². The third-order valence-corrected chi connectivity index (χ3v) is 4.91. The molecule has 0 radical (unpaired) electrons. The van der Waals surface area contributed by atoms with Crippen LogP contribution in [0.25, 0.3) is 11.5 Å². The zero-order valence-electron chi connectivity index (χ0n) is 14.4. The second-order valence-corrected chi connectivity index (χ2v) is 7.18. The van der Waals surface area contributed by atoms with Gasteiger partial charge in [0, 0.05) is 10.6 Å². The van der Waals surface area contributed by atoms with Crippen LogP contribution in [0.3, 0.4) is 0 Å². The monoisotopic (exact) mass is 387 g/mol. The number of carbonyl (C=O) groups excluding carboxylic acids is 1. The molecule has 0 aliphatic carbocycles. The van der Waals surface area contributed by atoms with Crippen molar-refractivity contribution in [3.63, 3.8) is 0 Å². The number of carbonyl (C=O) groups is 1. The summed E-state index contributed by atoms with van der Waals surface area (Å²) in [5.41, 5.74) is 2.86. The lowest BCUT2D eigenvalue weighted by molar-refractivity contribution is -0.119. The van der Waals surface area contributed by atoms with Crippen molar-refractivity contribution in [3.05, 3.63) is 64.7 Å². The van der Waals surface area contributed by atoms with Gasteiger partial charge < -0.3 is 9.73 Å². The predicted octanol–water partition coefficient (Wildman–Crippen LogP) is 4.67. The summed E-state index contributed by atoms with van der Waals surface area (Å²) < 4.78 is 5.62. The van der Waals surface area contributed by atoms with E-state index in [4.69, 9.17) is 16.0 Å². The minimum Gasteiger partial charge on any atom is -0.411 e. The first-order chi connectivity index (χ1) is 12.5. The molecule has 134 valence electrons. The zero-order valence-corrected chi connectivity index (χ0v) is 16.0. The van der Waals surface area contributed by atoms with Crippen molar-refractivity contribution < 1.29 is 9.21 Å². The van der Waals surface area contributed by atoms with Gasteiger partial charge in [0.25, 0.3) is 5.22 Å². The van der Waals surface area contributed by atoms with E-state index in [1.807, 2.05) is 56.3 Å². The average Bonchev–Trinajstić information content (AvgIpc) is 3.09. The van der Waals surface area contributed by atoms with Gasteiger partial charge in [-0.2, -0.15) is 0 Å². The molecule has 26 heavy (non-hydrogen) atoms. The van der Waals surface area contributed by atoms with Crippen LogP contribution in [0.1, 0.15) is 24.1 Å². The molecule has 0 fully saturated rings. The van der Waals surface area contributed by atoms with Crippen LogP contribution in [0.5, 0.6) is 0 Å². The smallest absolute Gasteiger partial charge is 0.277 e. The Morgan fingerprint density at radius 1 is 1.23 bits per heavy atom. The van der Waals surface area contributed by atoms with Gasteiger partial charge >= 0.3 is 0 Å². The molecule has 0 spiro atoms. The van der Waals surface area contributed by atoms with Crippen molar-refractivity contribution in [2.24, 2.45) is 0 Å². The number of hydrogen-bond donors (Lipinski definition) is 1. The number of halogens is 1. The van der Waals surface area contributed by atoms with Gasteiger partial charge in [-0.15, -0.1) is 10.2 Å². The molecule has 0 aliphatic rings. The molecule has 1 atom stereocenters. The van der Waals surface area contributed by atoms with Gasteiger partial charge in [0.05, 0.1) is 11.8 Å². The van der Waals surface area contributed by atoms with Gasteiger partial charge in [0.1, 0.15) is 0 Å². The summed E-state index contributed by atoms with van der Waals surface area (Å²) in [6.07, 6.45) is 0. The van der Waals surface area contributed by atoms with Crippen LogP contribution < -0.4 is 5.32 Å². The fraction of sp³-hybridized carbons (Fsp3) is 0.211. The molecule has 3 rings (SSSR count). The van der Waals surface area contributed by atoms with Crippen molar-refractivity contribution in [3.8, 4) is 11.5 Å². The SMILES string of the molecule is Cc1cccc(-c2nnc(SCC(=O)N[C@@H](C)c3ccccc3Cl)o2)c1. The standard InChI is InChI=1S/C19H18ClN3O2S/c1-12-6-5-7-14(10-12)18-22-23-19(25-18)26-11-17(24)21-13(2)15-8-3-4-9-16(15)20/h3-10,13H,11H2,1-2H3,(H,21,24)/t13-/m0/s1. The zero-order chi connectivity index (χ0) is 18.5. The summed E-state index contributed by atoms with van der Waals surface area (Å²) in [7, 11) is 0. The van der Waals surface area contributed by atoms with Crippen LogP contribution in [-0.4, -0.2) is 21.9 Å². The number of thioether (sulfide) groups is 1. The van der Waals surface area contributed by atoms with Crippen molar-refractivity contribution in [2.75, 3.05) is 5.75 Å².